The Morgan fingerprint density at radius 2 is 2.15 bits per heavy atom. The lowest BCUT2D eigenvalue weighted by atomic mass is 9.82. The molecule has 0 aromatic carbocycles. The third kappa shape index (κ3) is 4.08. The second kappa shape index (κ2) is 6.90. The topological polar surface area (TPSA) is 90.3 Å². The number of carboxylic acids is 1. The largest absolute Gasteiger partial charge is 0.481 e. The molecule has 1 saturated heterocycles. The van der Waals surface area contributed by atoms with Gasteiger partial charge in [-0.2, -0.15) is 0 Å². The van der Waals surface area contributed by atoms with Crippen molar-refractivity contribution in [2.24, 2.45) is 5.41 Å². The normalized spacial score (nSPS) is 24.3. The van der Waals surface area contributed by atoms with Gasteiger partial charge in [0.05, 0.1) is 24.7 Å². The Labute approximate surface area is 119 Å². The molecule has 0 aliphatic carbocycles. The van der Waals surface area contributed by atoms with Crippen molar-refractivity contribution < 1.29 is 24.5 Å². The highest BCUT2D eigenvalue weighted by atomic mass is 16.5. The predicted molar refractivity (Wildman–Crippen MR) is 72.5 cm³/mol. The number of amides is 2. The standard InChI is InChI=1S/C13H24N2O5/c1-13(11(17)18)5-4-6-15(9-13)12(19)14(2)7-10(16)8-20-3/h10,16H,4-9H2,1-3H3,(H,17,18). The van der Waals surface area contributed by atoms with E-state index in [2.05, 4.69) is 0 Å². The molecule has 0 radical (unpaired) electrons. The first kappa shape index (κ1) is 16.7. The van der Waals surface area contributed by atoms with Crippen molar-refractivity contribution >= 4 is 12.0 Å². The fourth-order valence-corrected chi connectivity index (χ4v) is 2.46. The van der Waals surface area contributed by atoms with E-state index < -0.39 is 17.5 Å². The Balaban J connectivity index is 2.60. The SMILES string of the molecule is COCC(O)CN(C)C(=O)N1CCCC(C)(C(=O)O)C1. The van der Waals surface area contributed by atoms with Crippen LogP contribution in [0.15, 0.2) is 0 Å². The molecule has 0 aromatic rings. The van der Waals surface area contributed by atoms with Gasteiger partial charge in [-0.1, -0.05) is 0 Å². The molecule has 1 aliphatic rings. The highest BCUT2D eigenvalue weighted by Crippen LogP contribution is 2.30. The van der Waals surface area contributed by atoms with Gasteiger partial charge in [0.1, 0.15) is 0 Å². The Kier molecular flexibility index (Phi) is 5.76. The van der Waals surface area contributed by atoms with Gasteiger partial charge in [0.2, 0.25) is 0 Å². The van der Waals surface area contributed by atoms with E-state index in [9.17, 15) is 19.8 Å². The number of piperidine rings is 1. The van der Waals surface area contributed by atoms with Gasteiger partial charge in [-0.25, -0.2) is 4.79 Å². The number of aliphatic hydroxyl groups excluding tert-OH is 1. The number of likely N-dealkylation sites (N-methyl/N-ethyl adjacent to an activating group) is 1. The fraction of sp³-hybridized carbons (Fsp3) is 0.846. The van der Waals surface area contributed by atoms with Crippen LogP contribution >= 0.6 is 0 Å². The Morgan fingerprint density at radius 3 is 2.70 bits per heavy atom. The van der Waals surface area contributed by atoms with Crippen LogP contribution in [0, 0.1) is 5.41 Å². The number of likely N-dealkylation sites (tertiary alicyclic amines) is 1. The lowest BCUT2D eigenvalue weighted by molar-refractivity contribution is -0.150. The summed E-state index contributed by atoms with van der Waals surface area (Å²) in [5.74, 6) is -0.878. The molecule has 7 heteroatoms. The maximum atomic E-state index is 12.3. The average molecular weight is 288 g/mol. The third-order valence-electron chi connectivity index (χ3n) is 3.65. The van der Waals surface area contributed by atoms with E-state index >= 15 is 0 Å². The zero-order chi connectivity index (χ0) is 15.3. The van der Waals surface area contributed by atoms with Gasteiger partial charge >= 0.3 is 12.0 Å². The summed E-state index contributed by atoms with van der Waals surface area (Å²) in [5, 5.41) is 18.9. The zero-order valence-electron chi connectivity index (χ0n) is 12.3. The summed E-state index contributed by atoms with van der Waals surface area (Å²) >= 11 is 0. The van der Waals surface area contributed by atoms with Gasteiger partial charge in [0, 0.05) is 27.2 Å². The number of ether oxygens (including phenoxy) is 1. The molecule has 7 nitrogen and oxygen atoms in total. The molecule has 0 spiro atoms. The summed E-state index contributed by atoms with van der Waals surface area (Å²) in [4.78, 5) is 26.5. The van der Waals surface area contributed by atoms with Crippen molar-refractivity contribution in [1.82, 2.24) is 9.80 Å². The average Bonchev–Trinajstić information content (AvgIpc) is 2.37. The molecule has 2 amide bonds. The first-order valence-corrected chi connectivity index (χ1v) is 6.70. The molecule has 0 aromatic heterocycles. The van der Waals surface area contributed by atoms with Crippen molar-refractivity contribution in [2.45, 2.75) is 25.9 Å². The van der Waals surface area contributed by atoms with E-state index in [0.717, 1.165) is 0 Å². The maximum absolute atomic E-state index is 12.3. The van der Waals surface area contributed by atoms with Crippen LogP contribution in [0.3, 0.4) is 0 Å². The quantitative estimate of drug-likeness (QED) is 0.756. The van der Waals surface area contributed by atoms with E-state index in [1.165, 1.54) is 16.9 Å². The Morgan fingerprint density at radius 1 is 1.50 bits per heavy atom. The fourth-order valence-electron chi connectivity index (χ4n) is 2.46. The number of carboxylic acid groups (broad SMARTS) is 1. The summed E-state index contributed by atoms with van der Waals surface area (Å²) < 4.78 is 4.81. The Bertz CT molecular complexity index is 363. The minimum atomic E-state index is -0.889. The van der Waals surface area contributed by atoms with Crippen LogP contribution in [0.1, 0.15) is 19.8 Å². The van der Waals surface area contributed by atoms with Crippen molar-refractivity contribution in [2.75, 3.05) is 40.4 Å². The van der Waals surface area contributed by atoms with Crippen LogP contribution in [0.4, 0.5) is 4.79 Å². The van der Waals surface area contributed by atoms with E-state index in [1.54, 1.807) is 14.0 Å². The smallest absolute Gasteiger partial charge is 0.319 e. The first-order valence-electron chi connectivity index (χ1n) is 6.70. The predicted octanol–water partition coefficient (Wildman–Crippen LogP) is 0.232. The summed E-state index contributed by atoms with van der Waals surface area (Å²) in [5.41, 5.74) is -0.889. The highest BCUT2D eigenvalue weighted by Gasteiger charge is 2.40. The maximum Gasteiger partial charge on any atom is 0.319 e. The molecule has 2 atom stereocenters. The van der Waals surface area contributed by atoms with Gasteiger partial charge in [-0.3, -0.25) is 4.79 Å². The summed E-state index contributed by atoms with van der Waals surface area (Å²) in [6.07, 6.45) is 0.495. The number of nitrogens with zero attached hydrogens (tertiary/aromatic N) is 2. The van der Waals surface area contributed by atoms with Crippen LogP contribution in [-0.2, 0) is 9.53 Å². The molecule has 0 saturated carbocycles. The molecule has 1 heterocycles. The molecule has 0 bridgehead atoms. The molecule has 20 heavy (non-hydrogen) atoms. The van der Waals surface area contributed by atoms with Gasteiger partial charge in [0.15, 0.2) is 0 Å². The minimum Gasteiger partial charge on any atom is -0.481 e. The van der Waals surface area contributed by atoms with E-state index in [0.29, 0.717) is 19.4 Å². The van der Waals surface area contributed by atoms with Crippen LogP contribution in [0.2, 0.25) is 0 Å². The number of aliphatic carboxylic acids is 1. The highest BCUT2D eigenvalue weighted by molar-refractivity contribution is 5.78. The Hall–Kier alpha value is -1.34. The van der Waals surface area contributed by atoms with Gasteiger partial charge in [-0.05, 0) is 19.8 Å². The van der Waals surface area contributed by atoms with Crippen LogP contribution in [0.25, 0.3) is 0 Å². The van der Waals surface area contributed by atoms with Crippen LogP contribution in [-0.4, -0.2) is 78.5 Å². The molecular weight excluding hydrogens is 264 g/mol. The number of urea groups is 1. The second-order valence-electron chi connectivity index (χ2n) is 5.66. The summed E-state index contributed by atoms with van der Waals surface area (Å²) in [6.45, 7) is 2.73. The number of hydrogen-bond donors (Lipinski definition) is 2. The van der Waals surface area contributed by atoms with E-state index in [-0.39, 0.29) is 25.7 Å². The minimum absolute atomic E-state index is 0.157. The van der Waals surface area contributed by atoms with E-state index in [4.69, 9.17) is 4.74 Å². The van der Waals surface area contributed by atoms with Crippen molar-refractivity contribution in [3.8, 4) is 0 Å². The monoisotopic (exact) mass is 288 g/mol. The zero-order valence-corrected chi connectivity index (χ0v) is 12.3. The molecule has 1 fully saturated rings. The molecule has 116 valence electrons. The van der Waals surface area contributed by atoms with E-state index in [1.807, 2.05) is 0 Å². The number of hydrogen-bond acceptors (Lipinski definition) is 4. The molecule has 2 unspecified atom stereocenters. The van der Waals surface area contributed by atoms with Gasteiger partial charge < -0.3 is 24.7 Å². The summed E-state index contributed by atoms with van der Waals surface area (Å²) in [6, 6.07) is -0.257. The number of aliphatic hydroxyl groups is 1. The van der Waals surface area contributed by atoms with Crippen molar-refractivity contribution in [3.05, 3.63) is 0 Å². The molecular formula is C13H24N2O5. The third-order valence-corrected chi connectivity index (χ3v) is 3.65. The van der Waals surface area contributed by atoms with Crippen LogP contribution < -0.4 is 0 Å². The molecule has 1 rings (SSSR count). The number of methoxy groups -OCH3 is 1. The van der Waals surface area contributed by atoms with Crippen molar-refractivity contribution in [1.29, 1.82) is 0 Å². The second-order valence-corrected chi connectivity index (χ2v) is 5.66. The molecule has 1 aliphatic heterocycles. The van der Waals surface area contributed by atoms with Crippen molar-refractivity contribution in [3.63, 3.8) is 0 Å². The molecule has 2 N–H and O–H groups in total. The summed E-state index contributed by atoms with van der Waals surface area (Å²) in [7, 11) is 3.07. The lowest BCUT2D eigenvalue weighted by Crippen LogP contribution is -2.52. The lowest BCUT2D eigenvalue weighted by Gasteiger charge is -2.39. The van der Waals surface area contributed by atoms with Gasteiger partial charge in [0.25, 0.3) is 0 Å². The number of carbonyl (C=O) groups is 2. The van der Waals surface area contributed by atoms with Crippen LogP contribution in [0.5, 0.6) is 0 Å². The van der Waals surface area contributed by atoms with Gasteiger partial charge in [-0.15, -0.1) is 0 Å². The number of rotatable bonds is 5. The number of carbonyl (C=O) groups excluding carboxylic acids is 1. The first-order chi connectivity index (χ1) is 9.30.